The molecule has 0 radical (unpaired) electrons. The van der Waals surface area contributed by atoms with Crippen molar-refractivity contribution in [2.24, 2.45) is 0 Å². The first-order valence-electron chi connectivity index (χ1n) is 5.77. The molecule has 0 aliphatic rings. The van der Waals surface area contributed by atoms with Crippen LogP contribution >= 0.6 is 0 Å². The molecule has 0 aliphatic heterocycles. The van der Waals surface area contributed by atoms with Gasteiger partial charge in [0.1, 0.15) is 5.56 Å². The maximum atomic E-state index is 11.6. The van der Waals surface area contributed by atoms with Gasteiger partial charge >= 0.3 is 11.7 Å². The number of carbonyl (C=O) groups excluding carboxylic acids is 1. The number of benzene rings is 1. The zero-order valence-electron chi connectivity index (χ0n) is 11.0. The van der Waals surface area contributed by atoms with Gasteiger partial charge in [0.05, 0.1) is 11.5 Å². The average Bonchev–Trinajstić information content (AvgIpc) is 2.44. The third-order valence-corrected chi connectivity index (χ3v) is 2.45. The number of carboxylic acids is 1. The standard InChI is InChI=1S/C13H12N2O6/c1-3-7-14-12(16)8(2)21-11-9(13(17)18)5-4-6-10(11)15(19)20/h1,4-6,8H,7H2,2H3,(H,14,16)(H,17,18). The number of carboxylic acid groups (broad SMARTS) is 1. The number of nitro benzene ring substituents is 1. The SMILES string of the molecule is C#CCNC(=O)C(C)Oc1c(C(=O)O)cccc1[N+](=O)[O-]. The maximum absolute atomic E-state index is 11.6. The van der Waals surface area contributed by atoms with Gasteiger partial charge in [-0.05, 0) is 13.0 Å². The Kier molecular flexibility index (Phi) is 5.25. The lowest BCUT2D eigenvalue weighted by Crippen LogP contribution is -2.36. The van der Waals surface area contributed by atoms with E-state index in [0.29, 0.717) is 0 Å². The second-order valence-electron chi connectivity index (χ2n) is 3.90. The number of nitrogens with one attached hydrogen (secondary N) is 1. The van der Waals surface area contributed by atoms with Gasteiger partial charge in [-0.1, -0.05) is 12.0 Å². The van der Waals surface area contributed by atoms with Gasteiger partial charge in [-0.25, -0.2) is 4.79 Å². The number of nitro groups is 1. The van der Waals surface area contributed by atoms with Crippen LogP contribution in [0.5, 0.6) is 5.75 Å². The molecule has 2 N–H and O–H groups in total. The van der Waals surface area contributed by atoms with Crippen molar-refractivity contribution >= 4 is 17.6 Å². The molecule has 1 aromatic rings. The predicted octanol–water partition coefficient (Wildman–Crippen LogP) is 0.810. The van der Waals surface area contributed by atoms with E-state index in [1.807, 2.05) is 0 Å². The topological polar surface area (TPSA) is 119 Å². The first-order chi connectivity index (χ1) is 9.88. The van der Waals surface area contributed by atoms with E-state index in [4.69, 9.17) is 16.3 Å². The van der Waals surface area contributed by atoms with E-state index >= 15 is 0 Å². The van der Waals surface area contributed by atoms with Crippen LogP contribution in [0, 0.1) is 22.5 Å². The van der Waals surface area contributed by atoms with E-state index in [0.717, 1.165) is 12.1 Å². The summed E-state index contributed by atoms with van der Waals surface area (Å²) in [5.74, 6) is -0.294. The number of aromatic carboxylic acids is 1. The molecule has 1 rings (SSSR count). The molecule has 1 amide bonds. The van der Waals surface area contributed by atoms with Crippen molar-refractivity contribution in [3.05, 3.63) is 33.9 Å². The highest BCUT2D eigenvalue weighted by Gasteiger charge is 2.26. The second-order valence-corrected chi connectivity index (χ2v) is 3.90. The highest BCUT2D eigenvalue weighted by atomic mass is 16.6. The van der Waals surface area contributed by atoms with Crippen molar-refractivity contribution in [2.75, 3.05) is 6.54 Å². The average molecular weight is 292 g/mol. The van der Waals surface area contributed by atoms with Crippen LogP contribution in [0.3, 0.4) is 0 Å². The van der Waals surface area contributed by atoms with Crippen LogP contribution < -0.4 is 10.1 Å². The largest absolute Gasteiger partial charge is 0.478 e. The van der Waals surface area contributed by atoms with Crippen LogP contribution in [0.4, 0.5) is 5.69 Å². The van der Waals surface area contributed by atoms with Crippen LogP contribution in [0.2, 0.25) is 0 Å². The first kappa shape index (κ1) is 16.0. The molecule has 1 unspecified atom stereocenters. The van der Waals surface area contributed by atoms with Crippen molar-refractivity contribution < 1.29 is 24.4 Å². The van der Waals surface area contributed by atoms with Crippen molar-refractivity contribution in [3.63, 3.8) is 0 Å². The van der Waals surface area contributed by atoms with Gasteiger partial charge < -0.3 is 15.2 Å². The molecule has 0 heterocycles. The number of para-hydroxylation sites is 1. The molecular formula is C13H12N2O6. The number of ether oxygens (including phenoxy) is 1. The summed E-state index contributed by atoms with van der Waals surface area (Å²) in [4.78, 5) is 32.9. The summed E-state index contributed by atoms with van der Waals surface area (Å²) in [6.07, 6.45) is 3.84. The van der Waals surface area contributed by atoms with Gasteiger partial charge in [-0.3, -0.25) is 14.9 Å². The molecular weight excluding hydrogens is 280 g/mol. The lowest BCUT2D eigenvalue weighted by Gasteiger charge is -2.15. The van der Waals surface area contributed by atoms with E-state index in [9.17, 15) is 19.7 Å². The molecule has 8 nitrogen and oxygen atoms in total. The summed E-state index contributed by atoms with van der Waals surface area (Å²) in [5.41, 5.74) is -0.938. The maximum Gasteiger partial charge on any atom is 0.339 e. The molecule has 0 saturated carbocycles. The Balaban J connectivity index is 3.11. The summed E-state index contributed by atoms with van der Waals surface area (Å²) in [6.45, 7) is 1.30. The molecule has 21 heavy (non-hydrogen) atoms. The number of carbonyl (C=O) groups is 2. The number of amides is 1. The summed E-state index contributed by atoms with van der Waals surface area (Å²) in [6, 6.07) is 3.46. The minimum absolute atomic E-state index is 0.0325. The zero-order valence-corrected chi connectivity index (χ0v) is 11.0. The molecule has 1 aromatic carbocycles. The zero-order chi connectivity index (χ0) is 16.0. The van der Waals surface area contributed by atoms with E-state index in [1.165, 1.54) is 13.0 Å². The summed E-state index contributed by atoms with van der Waals surface area (Å²) in [5, 5.41) is 22.3. The Labute approximate surface area is 119 Å². The normalized spacial score (nSPS) is 11.0. The Bertz CT molecular complexity index is 587. The van der Waals surface area contributed by atoms with Gasteiger partial charge in [-0.15, -0.1) is 6.42 Å². The van der Waals surface area contributed by atoms with Gasteiger partial charge in [-0.2, -0.15) is 0 Å². The van der Waals surface area contributed by atoms with Gasteiger partial charge in [0.15, 0.2) is 6.10 Å². The highest BCUT2D eigenvalue weighted by Crippen LogP contribution is 2.31. The Morgan fingerprint density at radius 3 is 2.76 bits per heavy atom. The smallest absolute Gasteiger partial charge is 0.339 e. The number of nitrogens with zero attached hydrogens (tertiary/aromatic N) is 1. The highest BCUT2D eigenvalue weighted by molar-refractivity contribution is 5.93. The fraction of sp³-hybridized carbons (Fsp3) is 0.231. The number of hydrogen-bond donors (Lipinski definition) is 2. The molecule has 0 aromatic heterocycles. The fourth-order valence-electron chi connectivity index (χ4n) is 1.47. The Hall–Kier alpha value is -3.08. The molecule has 0 saturated heterocycles. The van der Waals surface area contributed by atoms with Crippen molar-refractivity contribution in [1.29, 1.82) is 0 Å². The van der Waals surface area contributed by atoms with Crippen LogP contribution in [0.25, 0.3) is 0 Å². The summed E-state index contributed by atoms with van der Waals surface area (Å²) in [7, 11) is 0. The second kappa shape index (κ2) is 6.91. The molecule has 0 bridgehead atoms. The lowest BCUT2D eigenvalue weighted by molar-refractivity contribution is -0.386. The van der Waals surface area contributed by atoms with Crippen LogP contribution in [0.15, 0.2) is 18.2 Å². The number of rotatable bonds is 6. The van der Waals surface area contributed by atoms with E-state index in [1.54, 1.807) is 0 Å². The summed E-state index contributed by atoms with van der Waals surface area (Å²) >= 11 is 0. The molecule has 0 spiro atoms. The van der Waals surface area contributed by atoms with Crippen molar-refractivity contribution in [1.82, 2.24) is 5.32 Å². The van der Waals surface area contributed by atoms with Gasteiger partial charge in [0.25, 0.3) is 5.91 Å². The molecule has 1 atom stereocenters. The molecule has 0 aliphatic carbocycles. The Morgan fingerprint density at radius 2 is 2.24 bits per heavy atom. The van der Waals surface area contributed by atoms with Crippen LogP contribution in [-0.4, -0.2) is 34.6 Å². The first-order valence-corrected chi connectivity index (χ1v) is 5.77. The molecule has 110 valence electrons. The molecule has 8 heteroatoms. The summed E-state index contributed by atoms with van der Waals surface area (Å²) < 4.78 is 5.15. The van der Waals surface area contributed by atoms with Crippen LogP contribution in [-0.2, 0) is 4.79 Å². The number of hydrogen-bond acceptors (Lipinski definition) is 5. The quantitative estimate of drug-likeness (QED) is 0.455. The molecule has 0 fully saturated rings. The van der Waals surface area contributed by atoms with E-state index < -0.39 is 39.9 Å². The third kappa shape index (κ3) is 3.94. The van der Waals surface area contributed by atoms with E-state index in [-0.39, 0.29) is 6.54 Å². The van der Waals surface area contributed by atoms with Crippen molar-refractivity contribution in [2.45, 2.75) is 13.0 Å². The van der Waals surface area contributed by atoms with Gasteiger partial charge in [0, 0.05) is 6.07 Å². The minimum atomic E-state index is -1.40. The lowest BCUT2D eigenvalue weighted by atomic mass is 10.1. The predicted molar refractivity (Wildman–Crippen MR) is 72.0 cm³/mol. The van der Waals surface area contributed by atoms with Crippen LogP contribution in [0.1, 0.15) is 17.3 Å². The van der Waals surface area contributed by atoms with E-state index in [2.05, 4.69) is 11.2 Å². The minimum Gasteiger partial charge on any atom is -0.478 e. The number of terminal acetylenes is 1. The third-order valence-electron chi connectivity index (χ3n) is 2.45. The van der Waals surface area contributed by atoms with Gasteiger partial charge in [0.2, 0.25) is 5.75 Å². The fourth-order valence-corrected chi connectivity index (χ4v) is 1.47. The monoisotopic (exact) mass is 292 g/mol. The Morgan fingerprint density at radius 1 is 1.57 bits per heavy atom. The van der Waals surface area contributed by atoms with Crippen molar-refractivity contribution in [3.8, 4) is 18.1 Å².